The molecule has 0 aliphatic heterocycles. The van der Waals surface area contributed by atoms with E-state index in [4.69, 9.17) is 0 Å². The molecule has 0 amide bonds. The first-order chi connectivity index (χ1) is 2.81. The van der Waals surface area contributed by atoms with Gasteiger partial charge in [-0.2, -0.15) is 0 Å². The van der Waals surface area contributed by atoms with Gasteiger partial charge in [-0.25, -0.2) is 4.79 Å². The van der Waals surface area contributed by atoms with Crippen molar-refractivity contribution in [2.45, 2.75) is 0 Å². The minimum absolute atomic E-state index is 0. The number of ether oxygens (including phenoxy) is 1. The fraction of sp³-hybridized carbons (Fsp3) is 0.667. The Labute approximate surface area is 52.6 Å². The van der Waals surface area contributed by atoms with Crippen LogP contribution in [0.1, 0.15) is 0 Å². The maximum absolute atomic E-state index is 9.90. The SMILES string of the molecule is COC(=O)C[NH3+].[Br-]. The molecule has 0 atom stereocenters. The Morgan fingerprint density at radius 2 is 2.29 bits per heavy atom. The molecule has 0 aliphatic carbocycles. The molecule has 4 heteroatoms. The second-order valence-electron chi connectivity index (χ2n) is 0.826. The molecule has 0 rings (SSSR count). The monoisotopic (exact) mass is 169 g/mol. The third-order valence-corrected chi connectivity index (χ3v) is 0.432. The molecule has 0 unspecified atom stereocenters. The second-order valence-corrected chi connectivity index (χ2v) is 0.826. The highest BCUT2D eigenvalue weighted by Gasteiger charge is 1.91. The first-order valence-corrected chi connectivity index (χ1v) is 1.67. The Morgan fingerprint density at radius 1 is 1.86 bits per heavy atom. The van der Waals surface area contributed by atoms with E-state index in [2.05, 4.69) is 10.5 Å². The lowest BCUT2D eigenvalue weighted by atomic mass is 10.7. The summed E-state index contributed by atoms with van der Waals surface area (Å²) in [5.41, 5.74) is 3.28. The number of rotatable bonds is 1. The van der Waals surface area contributed by atoms with E-state index >= 15 is 0 Å². The van der Waals surface area contributed by atoms with Crippen LogP contribution in [0.2, 0.25) is 0 Å². The van der Waals surface area contributed by atoms with Gasteiger partial charge in [0.25, 0.3) is 0 Å². The highest BCUT2D eigenvalue weighted by Crippen LogP contribution is 1.59. The number of methoxy groups -OCH3 is 1. The Kier molecular flexibility index (Phi) is 8.45. The molecule has 0 aromatic rings. The summed E-state index contributed by atoms with van der Waals surface area (Å²) in [5.74, 6) is -0.269. The molecular weight excluding hydrogens is 162 g/mol. The molecule has 44 valence electrons. The van der Waals surface area contributed by atoms with Gasteiger partial charge in [-0.05, 0) is 0 Å². The zero-order chi connectivity index (χ0) is 4.99. The summed E-state index contributed by atoms with van der Waals surface area (Å²) in [4.78, 5) is 9.90. The predicted molar refractivity (Wildman–Crippen MR) is 19.8 cm³/mol. The Balaban J connectivity index is 0. The Hall–Kier alpha value is -0.0900. The van der Waals surface area contributed by atoms with Crippen LogP contribution in [0.25, 0.3) is 0 Å². The van der Waals surface area contributed by atoms with Crippen molar-refractivity contribution in [2.75, 3.05) is 13.7 Å². The van der Waals surface area contributed by atoms with Gasteiger partial charge in [0.1, 0.15) is 0 Å². The van der Waals surface area contributed by atoms with Crippen LogP contribution in [0.4, 0.5) is 0 Å². The van der Waals surface area contributed by atoms with Gasteiger partial charge in [0.05, 0.1) is 7.11 Å². The average molecular weight is 170 g/mol. The van der Waals surface area contributed by atoms with Crippen LogP contribution in [0.5, 0.6) is 0 Å². The van der Waals surface area contributed by atoms with E-state index in [1.165, 1.54) is 7.11 Å². The quantitative estimate of drug-likeness (QED) is 0.402. The van der Waals surface area contributed by atoms with Crippen molar-refractivity contribution in [3.63, 3.8) is 0 Å². The molecule has 0 heterocycles. The minimum atomic E-state index is -0.269. The minimum Gasteiger partial charge on any atom is -1.00 e. The number of halogens is 1. The van der Waals surface area contributed by atoms with Crippen LogP contribution in [-0.4, -0.2) is 19.6 Å². The molecule has 0 bridgehead atoms. The van der Waals surface area contributed by atoms with Gasteiger partial charge in [0.2, 0.25) is 0 Å². The Morgan fingerprint density at radius 3 is 2.29 bits per heavy atom. The van der Waals surface area contributed by atoms with E-state index < -0.39 is 0 Å². The summed E-state index contributed by atoms with van der Waals surface area (Å²) in [6.07, 6.45) is 0. The largest absolute Gasteiger partial charge is 1.00 e. The van der Waals surface area contributed by atoms with Crippen molar-refractivity contribution >= 4 is 5.97 Å². The topological polar surface area (TPSA) is 53.9 Å². The van der Waals surface area contributed by atoms with Gasteiger partial charge < -0.3 is 27.5 Å². The highest BCUT2D eigenvalue weighted by atomic mass is 79.9. The summed E-state index contributed by atoms with van der Waals surface area (Å²) >= 11 is 0. The molecule has 3 N–H and O–H groups in total. The van der Waals surface area contributed by atoms with Gasteiger partial charge in [-0.15, -0.1) is 0 Å². The molecule has 0 saturated carbocycles. The molecule has 0 aromatic carbocycles. The fourth-order valence-electron chi connectivity index (χ4n) is 0.102. The van der Waals surface area contributed by atoms with Gasteiger partial charge in [0.15, 0.2) is 6.54 Å². The van der Waals surface area contributed by atoms with Crippen molar-refractivity contribution in [1.82, 2.24) is 0 Å². The summed E-state index contributed by atoms with van der Waals surface area (Å²) in [6.45, 7) is 0.219. The van der Waals surface area contributed by atoms with Crippen molar-refractivity contribution in [1.29, 1.82) is 0 Å². The van der Waals surface area contributed by atoms with Crippen LogP contribution < -0.4 is 22.7 Å². The van der Waals surface area contributed by atoms with Crippen LogP contribution in [0, 0.1) is 0 Å². The zero-order valence-corrected chi connectivity index (χ0v) is 5.69. The van der Waals surface area contributed by atoms with Crippen molar-refractivity contribution < 1.29 is 32.2 Å². The number of hydrogen-bond acceptors (Lipinski definition) is 2. The van der Waals surface area contributed by atoms with Gasteiger partial charge >= 0.3 is 5.97 Å². The lowest BCUT2D eigenvalue weighted by Gasteiger charge is -1.85. The molecule has 0 radical (unpaired) electrons. The molecular formula is C3H8BrNO2. The van der Waals surface area contributed by atoms with E-state index in [0.29, 0.717) is 0 Å². The highest BCUT2D eigenvalue weighted by molar-refractivity contribution is 5.69. The van der Waals surface area contributed by atoms with Crippen LogP contribution in [0.3, 0.4) is 0 Å². The zero-order valence-electron chi connectivity index (χ0n) is 4.11. The standard InChI is InChI=1S/C3H7NO2.BrH/c1-6-3(5)2-4;/h2,4H2,1H3;1H. The first kappa shape index (κ1) is 10.0. The van der Waals surface area contributed by atoms with E-state index in [-0.39, 0.29) is 29.5 Å². The molecule has 0 aromatic heterocycles. The van der Waals surface area contributed by atoms with Crippen LogP contribution in [-0.2, 0) is 9.53 Å². The fourth-order valence-corrected chi connectivity index (χ4v) is 0.102. The maximum Gasteiger partial charge on any atom is 0.361 e. The van der Waals surface area contributed by atoms with Crippen molar-refractivity contribution in [3.05, 3.63) is 0 Å². The van der Waals surface area contributed by atoms with Gasteiger partial charge in [-0.1, -0.05) is 0 Å². The summed E-state index contributed by atoms with van der Waals surface area (Å²) in [7, 11) is 1.34. The molecule has 0 aliphatic rings. The van der Waals surface area contributed by atoms with Crippen LogP contribution >= 0.6 is 0 Å². The molecule has 7 heavy (non-hydrogen) atoms. The predicted octanol–water partition coefficient (Wildman–Crippen LogP) is -4.59. The third-order valence-electron chi connectivity index (χ3n) is 0.432. The van der Waals surface area contributed by atoms with E-state index in [0.717, 1.165) is 0 Å². The number of quaternary nitrogens is 1. The number of carbonyl (C=O) groups excluding carboxylic acids is 1. The smallest absolute Gasteiger partial charge is 0.361 e. The molecule has 3 nitrogen and oxygen atoms in total. The summed E-state index contributed by atoms with van der Waals surface area (Å²) < 4.78 is 4.20. The normalized spacial score (nSPS) is 6.57. The number of esters is 1. The Bertz CT molecular complexity index is 50.9. The van der Waals surface area contributed by atoms with Gasteiger partial charge in [-0.3, -0.25) is 0 Å². The molecule has 0 spiro atoms. The number of carbonyl (C=O) groups is 1. The van der Waals surface area contributed by atoms with E-state index in [9.17, 15) is 4.79 Å². The number of hydrogen-bond donors (Lipinski definition) is 1. The average Bonchev–Trinajstić information content (AvgIpc) is 1.65. The van der Waals surface area contributed by atoms with Crippen molar-refractivity contribution in [3.8, 4) is 0 Å². The summed E-state index contributed by atoms with van der Waals surface area (Å²) in [5, 5.41) is 0. The molecule has 0 saturated heterocycles. The van der Waals surface area contributed by atoms with E-state index in [1.807, 2.05) is 0 Å². The summed E-state index contributed by atoms with van der Waals surface area (Å²) in [6, 6.07) is 0. The molecule has 0 fully saturated rings. The first-order valence-electron chi connectivity index (χ1n) is 1.67. The van der Waals surface area contributed by atoms with Crippen LogP contribution in [0.15, 0.2) is 0 Å². The third kappa shape index (κ3) is 5.91. The van der Waals surface area contributed by atoms with Crippen molar-refractivity contribution in [2.24, 2.45) is 0 Å². The second kappa shape index (κ2) is 5.91. The van der Waals surface area contributed by atoms with Gasteiger partial charge in [0, 0.05) is 0 Å². The maximum atomic E-state index is 9.90. The lowest BCUT2D eigenvalue weighted by molar-refractivity contribution is -0.359. The van der Waals surface area contributed by atoms with E-state index in [1.54, 1.807) is 0 Å². The lowest BCUT2D eigenvalue weighted by Crippen LogP contribution is -3.00.